The van der Waals surface area contributed by atoms with Crippen LogP contribution in [0.4, 0.5) is 14.9 Å². The summed E-state index contributed by atoms with van der Waals surface area (Å²) in [6, 6.07) is 11.6. The molecular weight excluding hydrogens is 337 g/mol. The van der Waals surface area contributed by atoms with E-state index in [4.69, 9.17) is 4.74 Å². The molecule has 3 amide bonds. The summed E-state index contributed by atoms with van der Waals surface area (Å²) in [6.07, 6.45) is 0. The highest BCUT2D eigenvalue weighted by atomic mass is 19.1. The van der Waals surface area contributed by atoms with Gasteiger partial charge in [0.15, 0.2) is 0 Å². The van der Waals surface area contributed by atoms with E-state index in [0.717, 1.165) is 0 Å². The second-order valence-corrected chi connectivity index (χ2v) is 5.75. The molecule has 3 rings (SSSR count). The van der Waals surface area contributed by atoms with Crippen LogP contribution < -0.4 is 20.7 Å². The fourth-order valence-corrected chi connectivity index (χ4v) is 2.87. The monoisotopic (exact) mass is 355 g/mol. The van der Waals surface area contributed by atoms with Gasteiger partial charge in [0.05, 0.1) is 24.4 Å². The summed E-state index contributed by atoms with van der Waals surface area (Å²) in [5, 5.41) is 7.93. The van der Waals surface area contributed by atoms with E-state index >= 15 is 0 Å². The van der Waals surface area contributed by atoms with Crippen molar-refractivity contribution in [1.29, 1.82) is 0 Å². The lowest BCUT2D eigenvalue weighted by Crippen LogP contribution is -2.46. The molecule has 2 aromatic rings. The van der Waals surface area contributed by atoms with Crippen LogP contribution in [-0.4, -0.2) is 19.0 Å². The molecule has 3 N–H and O–H groups in total. The summed E-state index contributed by atoms with van der Waals surface area (Å²) in [7, 11) is 1.50. The second-order valence-electron chi connectivity index (χ2n) is 5.75. The lowest BCUT2D eigenvalue weighted by Gasteiger charge is -2.29. The number of hydrogen-bond acceptors (Lipinski definition) is 3. The van der Waals surface area contributed by atoms with Crippen LogP contribution in [0.3, 0.4) is 0 Å². The molecule has 0 aliphatic carbocycles. The van der Waals surface area contributed by atoms with Gasteiger partial charge < -0.3 is 20.7 Å². The lowest BCUT2D eigenvalue weighted by molar-refractivity contribution is -0.113. The molecule has 0 aromatic heterocycles. The Balaban J connectivity index is 1.99. The van der Waals surface area contributed by atoms with E-state index < -0.39 is 23.8 Å². The number of amides is 3. The van der Waals surface area contributed by atoms with E-state index in [1.54, 1.807) is 43.3 Å². The third-order valence-electron chi connectivity index (χ3n) is 4.09. The highest BCUT2D eigenvalue weighted by Crippen LogP contribution is 2.30. The minimum Gasteiger partial charge on any atom is -0.495 e. The molecule has 0 saturated carbocycles. The molecule has 0 unspecified atom stereocenters. The van der Waals surface area contributed by atoms with Crippen LogP contribution in [0.5, 0.6) is 5.75 Å². The number of allylic oxidation sites excluding steroid dienone is 1. The first-order valence-electron chi connectivity index (χ1n) is 7.98. The van der Waals surface area contributed by atoms with Crippen molar-refractivity contribution in [2.75, 3.05) is 12.4 Å². The number of anilines is 1. The Morgan fingerprint density at radius 2 is 1.85 bits per heavy atom. The maximum atomic E-state index is 14.3. The first kappa shape index (κ1) is 17.5. The molecule has 1 atom stereocenters. The van der Waals surface area contributed by atoms with Gasteiger partial charge in [0.1, 0.15) is 11.6 Å². The van der Waals surface area contributed by atoms with Gasteiger partial charge in [0.25, 0.3) is 5.91 Å². The van der Waals surface area contributed by atoms with Crippen molar-refractivity contribution in [1.82, 2.24) is 10.6 Å². The molecule has 1 aliphatic rings. The number of benzene rings is 2. The van der Waals surface area contributed by atoms with Crippen LogP contribution in [0, 0.1) is 5.82 Å². The lowest BCUT2D eigenvalue weighted by atomic mass is 9.94. The zero-order valence-corrected chi connectivity index (χ0v) is 14.3. The summed E-state index contributed by atoms with van der Waals surface area (Å²) in [6.45, 7) is 1.60. The van der Waals surface area contributed by atoms with E-state index in [1.807, 2.05) is 0 Å². The van der Waals surface area contributed by atoms with E-state index in [1.165, 1.54) is 19.2 Å². The van der Waals surface area contributed by atoms with Gasteiger partial charge >= 0.3 is 6.03 Å². The number of halogens is 1. The van der Waals surface area contributed by atoms with E-state index in [9.17, 15) is 14.0 Å². The summed E-state index contributed by atoms with van der Waals surface area (Å²) in [5.41, 5.74) is 1.27. The zero-order chi connectivity index (χ0) is 18.7. The van der Waals surface area contributed by atoms with Crippen molar-refractivity contribution in [2.45, 2.75) is 13.0 Å². The largest absolute Gasteiger partial charge is 0.495 e. The molecule has 26 heavy (non-hydrogen) atoms. The van der Waals surface area contributed by atoms with Gasteiger partial charge in [-0.15, -0.1) is 0 Å². The fraction of sp³-hybridized carbons (Fsp3) is 0.158. The summed E-state index contributed by atoms with van der Waals surface area (Å²) in [4.78, 5) is 24.8. The number of hydrogen-bond donors (Lipinski definition) is 3. The van der Waals surface area contributed by atoms with E-state index in [-0.39, 0.29) is 11.1 Å². The first-order chi connectivity index (χ1) is 12.5. The average Bonchev–Trinajstić information content (AvgIpc) is 2.61. The number of rotatable bonds is 4. The van der Waals surface area contributed by atoms with Gasteiger partial charge in [-0.3, -0.25) is 4.79 Å². The number of methoxy groups -OCH3 is 1. The van der Waals surface area contributed by atoms with Crippen molar-refractivity contribution >= 4 is 17.6 Å². The molecule has 0 radical (unpaired) electrons. The van der Waals surface area contributed by atoms with Gasteiger partial charge in [-0.25, -0.2) is 9.18 Å². The molecule has 0 saturated heterocycles. The van der Waals surface area contributed by atoms with E-state index in [2.05, 4.69) is 16.0 Å². The predicted molar refractivity (Wildman–Crippen MR) is 95.1 cm³/mol. The number of para-hydroxylation sites is 2. The van der Waals surface area contributed by atoms with Crippen LogP contribution in [0.2, 0.25) is 0 Å². The number of ether oxygens (including phenoxy) is 1. The van der Waals surface area contributed by atoms with Crippen molar-refractivity contribution in [2.24, 2.45) is 0 Å². The van der Waals surface area contributed by atoms with Crippen LogP contribution in [-0.2, 0) is 4.79 Å². The number of carbonyl (C=O) groups is 2. The minimum absolute atomic E-state index is 0.215. The van der Waals surface area contributed by atoms with Crippen LogP contribution >= 0.6 is 0 Å². The van der Waals surface area contributed by atoms with E-state index in [0.29, 0.717) is 17.1 Å². The van der Waals surface area contributed by atoms with Crippen molar-refractivity contribution in [3.05, 3.63) is 71.2 Å². The molecule has 7 heteroatoms. The highest BCUT2D eigenvalue weighted by Gasteiger charge is 2.32. The van der Waals surface area contributed by atoms with Crippen LogP contribution in [0.1, 0.15) is 18.5 Å². The van der Waals surface area contributed by atoms with Gasteiger partial charge in [-0.1, -0.05) is 30.3 Å². The summed E-state index contributed by atoms with van der Waals surface area (Å²) in [5.74, 6) is -0.475. The number of urea groups is 1. The van der Waals surface area contributed by atoms with Crippen LogP contribution in [0.15, 0.2) is 59.8 Å². The quantitative estimate of drug-likeness (QED) is 0.788. The number of carbonyl (C=O) groups excluding carboxylic acids is 2. The molecule has 0 bridgehead atoms. The highest BCUT2D eigenvalue weighted by molar-refractivity contribution is 6.07. The predicted octanol–water partition coefficient (Wildman–Crippen LogP) is 3.10. The molecule has 1 heterocycles. The Bertz CT molecular complexity index is 895. The Morgan fingerprint density at radius 1 is 1.15 bits per heavy atom. The fourth-order valence-electron chi connectivity index (χ4n) is 2.87. The van der Waals surface area contributed by atoms with Gasteiger partial charge in [0, 0.05) is 11.3 Å². The maximum Gasteiger partial charge on any atom is 0.319 e. The Hall–Kier alpha value is -3.35. The molecule has 0 fully saturated rings. The third kappa shape index (κ3) is 3.37. The molecular formula is C19H18FN3O3. The zero-order valence-electron chi connectivity index (χ0n) is 14.3. The molecule has 2 aromatic carbocycles. The summed E-state index contributed by atoms with van der Waals surface area (Å²) >= 11 is 0. The third-order valence-corrected chi connectivity index (χ3v) is 4.09. The smallest absolute Gasteiger partial charge is 0.319 e. The maximum absolute atomic E-state index is 14.3. The van der Waals surface area contributed by atoms with Gasteiger partial charge in [-0.05, 0) is 25.1 Å². The SMILES string of the molecule is COc1ccccc1NC(=O)C1=C(C)NC(=O)N[C@H]1c1ccccc1F. The standard InChI is InChI=1S/C19H18FN3O3/c1-11-16(18(24)22-14-9-5-6-10-15(14)26-2)17(23-19(25)21-11)12-7-3-4-8-13(12)20/h3-10,17H,1-2H3,(H,22,24)(H2,21,23,25)/t17-/m0/s1. The van der Waals surface area contributed by atoms with Gasteiger partial charge in [0.2, 0.25) is 0 Å². The van der Waals surface area contributed by atoms with Crippen molar-refractivity contribution < 1.29 is 18.7 Å². The number of nitrogens with one attached hydrogen (secondary N) is 3. The topological polar surface area (TPSA) is 79.5 Å². The molecule has 1 aliphatic heterocycles. The van der Waals surface area contributed by atoms with Gasteiger partial charge in [-0.2, -0.15) is 0 Å². The normalized spacial score (nSPS) is 16.6. The Labute approximate surface area is 150 Å². The average molecular weight is 355 g/mol. The molecule has 0 spiro atoms. The Kier molecular flexibility index (Phi) is 4.88. The molecule has 6 nitrogen and oxygen atoms in total. The summed E-state index contributed by atoms with van der Waals surface area (Å²) < 4.78 is 19.5. The second kappa shape index (κ2) is 7.26. The van der Waals surface area contributed by atoms with Crippen molar-refractivity contribution in [3.63, 3.8) is 0 Å². The molecule has 134 valence electrons. The first-order valence-corrected chi connectivity index (χ1v) is 7.98. The minimum atomic E-state index is -0.903. The van der Waals surface area contributed by atoms with Crippen molar-refractivity contribution in [3.8, 4) is 5.75 Å². The Morgan fingerprint density at radius 3 is 2.58 bits per heavy atom. The van der Waals surface area contributed by atoms with Crippen LogP contribution in [0.25, 0.3) is 0 Å².